The monoisotopic (exact) mass is 342 g/mol. The number of carbonyl (C=O) groups excluding carboxylic acids is 1. The van der Waals surface area contributed by atoms with E-state index in [9.17, 15) is 9.18 Å². The summed E-state index contributed by atoms with van der Waals surface area (Å²) in [6.07, 6.45) is 4.15. The minimum Gasteiger partial charge on any atom is -0.336 e. The smallest absolute Gasteiger partial charge is 0.255 e. The molecule has 1 saturated heterocycles. The highest BCUT2D eigenvalue weighted by Gasteiger charge is 2.28. The molecule has 1 aliphatic rings. The average Bonchev–Trinajstić information content (AvgIpc) is 2.47. The van der Waals surface area contributed by atoms with Crippen LogP contribution in [0.5, 0.6) is 0 Å². The lowest BCUT2D eigenvalue weighted by molar-refractivity contribution is 0.0601. The molecule has 20 heavy (non-hydrogen) atoms. The van der Waals surface area contributed by atoms with Crippen LogP contribution in [-0.2, 0) is 0 Å². The fourth-order valence-electron chi connectivity index (χ4n) is 2.70. The van der Waals surface area contributed by atoms with Crippen LogP contribution in [0.1, 0.15) is 36.0 Å². The van der Waals surface area contributed by atoms with E-state index in [1.165, 1.54) is 6.07 Å². The Bertz CT molecular complexity index is 481. The molecule has 0 aliphatic carbocycles. The summed E-state index contributed by atoms with van der Waals surface area (Å²) in [7, 11) is 1.91. The zero-order valence-corrected chi connectivity index (χ0v) is 13.2. The molecule has 1 aliphatic heterocycles. The number of hydrogen-bond acceptors (Lipinski definition) is 2. The highest BCUT2D eigenvalue weighted by molar-refractivity contribution is 9.10. The van der Waals surface area contributed by atoms with Gasteiger partial charge in [-0.05, 0) is 67.3 Å². The molecule has 1 atom stereocenters. The lowest BCUT2D eigenvalue weighted by Gasteiger charge is -2.36. The Labute approximate surface area is 127 Å². The number of likely N-dealkylation sites (tertiary alicyclic amines) is 1. The van der Waals surface area contributed by atoms with Gasteiger partial charge in [0.15, 0.2) is 0 Å². The van der Waals surface area contributed by atoms with Crippen LogP contribution in [0.25, 0.3) is 0 Å². The second-order valence-corrected chi connectivity index (χ2v) is 5.93. The summed E-state index contributed by atoms with van der Waals surface area (Å²) in [5.41, 5.74) is 0.418. The first-order valence-corrected chi connectivity index (χ1v) is 7.84. The fraction of sp³-hybridized carbons (Fsp3) is 0.533. The molecule has 1 N–H and O–H groups in total. The van der Waals surface area contributed by atoms with Crippen molar-refractivity contribution < 1.29 is 9.18 Å². The molecule has 1 unspecified atom stereocenters. The van der Waals surface area contributed by atoms with Crippen molar-refractivity contribution in [2.24, 2.45) is 0 Å². The van der Waals surface area contributed by atoms with E-state index in [1.807, 2.05) is 11.9 Å². The van der Waals surface area contributed by atoms with E-state index in [4.69, 9.17) is 0 Å². The maximum Gasteiger partial charge on any atom is 0.255 e. The Morgan fingerprint density at radius 2 is 2.30 bits per heavy atom. The summed E-state index contributed by atoms with van der Waals surface area (Å²) in [5, 5.41) is 3.13. The molecular formula is C15H20BrFN2O. The zero-order valence-electron chi connectivity index (χ0n) is 11.7. The molecule has 0 radical (unpaired) electrons. The summed E-state index contributed by atoms with van der Waals surface area (Å²) >= 11 is 3.19. The molecule has 0 bridgehead atoms. The number of halogens is 2. The van der Waals surface area contributed by atoms with Gasteiger partial charge in [0.25, 0.3) is 5.91 Å². The van der Waals surface area contributed by atoms with Crippen LogP contribution in [0.3, 0.4) is 0 Å². The van der Waals surface area contributed by atoms with Crippen molar-refractivity contribution in [3.8, 4) is 0 Å². The first-order chi connectivity index (χ1) is 9.65. The average molecular weight is 343 g/mol. The predicted octanol–water partition coefficient (Wildman–Crippen LogP) is 3.19. The van der Waals surface area contributed by atoms with Crippen molar-refractivity contribution in [1.82, 2.24) is 10.2 Å². The molecular weight excluding hydrogens is 323 g/mol. The van der Waals surface area contributed by atoms with Crippen molar-refractivity contribution in [2.75, 3.05) is 20.1 Å². The Kier molecular flexibility index (Phi) is 5.54. The molecule has 3 nitrogen and oxygen atoms in total. The third-order valence-electron chi connectivity index (χ3n) is 3.80. The Morgan fingerprint density at radius 1 is 1.50 bits per heavy atom. The maximum atomic E-state index is 13.6. The third kappa shape index (κ3) is 3.38. The fourth-order valence-corrected chi connectivity index (χ4v) is 3.14. The van der Waals surface area contributed by atoms with Crippen LogP contribution < -0.4 is 5.32 Å². The van der Waals surface area contributed by atoms with Crippen molar-refractivity contribution in [3.63, 3.8) is 0 Å². The number of piperidine rings is 1. The van der Waals surface area contributed by atoms with Crippen molar-refractivity contribution in [1.29, 1.82) is 0 Å². The number of nitrogens with one attached hydrogen (secondary N) is 1. The number of carbonyl (C=O) groups is 1. The molecule has 1 fully saturated rings. The number of hydrogen-bond donors (Lipinski definition) is 1. The topological polar surface area (TPSA) is 32.3 Å². The second-order valence-electron chi connectivity index (χ2n) is 5.14. The second kappa shape index (κ2) is 7.18. The van der Waals surface area contributed by atoms with Gasteiger partial charge in [0.1, 0.15) is 5.82 Å². The SMILES string of the molecule is CNCCC1CCCCN1C(=O)c1cccc(F)c1Br. The first-order valence-electron chi connectivity index (χ1n) is 7.04. The van der Waals surface area contributed by atoms with E-state index in [1.54, 1.807) is 12.1 Å². The molecule has 5 heteroatoms. The standard InChI is InChI=1S/C15H20BrFN2O/c1-18-9-8-11-5-2-3-10-19(11)15(20)12-6-4-7-13(17)14(12)16/h4,6-7,11,18H,2-3,5,8-10H2,1H3. The molecule has 2 rings (SSSR count). The third-order valence-corrected chi connectivity index (χ3v) is 4.60. The maximum absolute atomic E-state index is 13.6. The van der Waals surface area contributed by atoms with Crippen LogP contribution in [0.4, 0.5) is 4.39 Å². The van der Waals surface area contributed by atoms with Gasteiger partial charge in [0.2, 0.25) is 0 Å². The van der Waals surface area contributed by atoms with E-state index < -0.39 is 0 Å². The van der Waals surface area contributed by atoms with E-state index >= 15 is 0 Å². The number of rotatable bonds is 4. The van der Waals surface area contributed by atoms with Crippen molar-refractivity contribution in [2.45, 2.75) is 31.7 Å². The molecule has 110 valence electrons. The van der Waals surface area contributed by atoms with Gasteiger partial charge in [0.05, 0.1) is 10.0 Å². The summed E-state index contributed by atoms with van der Waals surface area (Å²) in [6.45, 7) is 1.65. The van der Waals surface area contributed by atoms with E-state index in [0.717, 1.165) is 38.8 Å². The molecule has 1 amide bonds. The lowest BCUT2D eigenvalue weighted by atomic mass is 9.98. The minimum absolute atomic E-state index is 0.0721. The van der Waals surface area contributed by atoms with Gasteiger partial charge in [-0.3, -0.25) is 4.79 Å². The van der Waals surface area contributed by atoms with Crippen LogP contribution in [0.15, 0.2) is 22.7 Å². The summed E-state index contributed by atoms with van der Waals surface area (Å²) in [5.74, 6) is -0.461. The molecule has 0 aromatic heterocycles. The number of benzene rings is 1. The normalized spacial score (nSPS) is 19.1. The van der Waals surface area contributed by atoms with E-state index in [0.29, 0.717) is 5.56 Å². The van der Waals surface area contributed by atoms with Crippen molar-refractivity contribution in [3.05, 3.63) is 34.1 Å². The molecule has 1 aromatic rings. The van der Waals surface area contributed by atoms with Gasteiger partial charge in [-0.15, -0.1) is 0 Å². The van der Waals surface area contributed by atoms with Gasteiger partial charge >= 0.3 is 0 Å². The molecule has 1 aromatic carbocycles. The first kappa shape index (κ1) is 15.4. The minimum atomic E-state index is -0.389. The van der Waals surface area contributed by atoms with Gasteiger partial charge in [-0.1, -0.05) is 6.07 Å². The molecule has 1 heterocycles. The highest BCUT2D eigenvalue weighted by atomic mass is 79.9. The quantitative estimate of drug-likeness (QED) is 0.911. The Balaban J connectivity index is 2.18. The van der Waals surface area contributed by atoms with E-state index in [2.05, 4.69) is 21.2 Å². The highest BCUT2D eigenvalue weighted by Crippen LogP contribution is 2.26. The lowest BCUT2D eigenvalue weighted by Crippen LogP contribution is -2.45. The zero-order chi connectivity index (χ0) is 14.5. The van der Waals surface area contributed by atoms with Crippen LogP contribution in [0.2, 0.25) is 0 Å². The van der Waals surface area contributed by atoms with Crippen LogP contribution in [-0.4, -0.2) is 37.0 Å². The Hall–Kier alpha value is -0.940. The molecule has 0 spiro atoms. The van der Waals surface area contributed by atoms with Gasteiger partial charge < -0.3 is 10.2 Å². The Morgan fingerprint density at radius 3 is 3.05 bits per heavy atom. The summed E-state index contributed by atoms with van der Waals surface area (Å²) < 4.78 is 13.8. The summed E-state index contributed by atoms with van der Waals surface area (Å²) in [6, 6.07) is 4.87. The number of nitrogens with zero attached hydrogens (tertiary/aromatic N) is 1. The van der Waals surface area contributed by atoms with Gasteiger partial charge in [-0.2, -0.15) is 0 Å². The van der Waals surface area contributed by atoms with E-state index in [-0.39, 0.29) is 22.2 Å². The van der Waals surface area contributed by atoms with Crippen LogP contribution in [0, 0.1) is 5.82 Å². The van der Waals surface area contributed by atoms with Crippen LogP contribution >= 0.6 is 15.9 Å². The van der Waals surface area contributed by atoms with Gasteiger partial charge in [-0.25, -0.2) is 4.39 Å². The predicted molar refractivity (Wildman–Crippen MR) is 81.3 cm³/mol. The largest absolute Gasteiger partial charge is 0.336 e. The number of amides is 1. The molecule has 0 saturated carbocycles. The van der Waals surface area contributed by atoms with Gasteiger partial charge in [0, 0.05) is 12.6 Å². The van der Waals surface area contributed by atoms with Crippen molar-refractivity contribution >= 4 is 21.8 Å². The summed E-state index contributed by atoms with van der Waals surface area (Å²) in [4.78, 5) is 14.6.